The molecule has 0 aliphatic heterocycles. The summed E-state index contributed by atoms with van der Waals surface area (Å²) in [7, 11) is 1.83. The third kappa shape index (κ3) is 6.44. The molecule has 1 unspecified atom stereocenters. The number of rotatable bonds is 12. The molecule has 3 aromatic rings. The molecule has 0 saturated heterocycles. The first-order valence-electron chi connectivity index (χ1n) is 11.9. The predicted molar refractivity (Wildman–Crippen MR) is 130 cm³/mol. The molecular weight excluding hydrogens is 433 g/mol. The maximum atomic E-state index is 13.8. The lowest BCUT2D eigenvalue weighted by Crippen LogP contribution is -2.36. The van der Waals surface area contributed by atoms with E-state index in [0.717, 1.165) is 29.7 Å². The van der Waals surface area contributed by atoms with Crippen LogP contribution in [-0.4, -0.2) is 51.7 Å². The Labute approximate surface area is 200 Å². The summed E-state index contributed by atoms with van der Waals surface area (Å²) in [5, 5.41) is 15.4. The van der Waals surface area contributed by atoms with Crippen molar-refractivity contribution < 1.29 is 19.0 Å². The summed E-state index contributed by atoms with van der Waals surface area (Å²) in [6.07, 6.45) is 1.62. The molecule has 1 aliphatic rings. The Hall–Kier alpha value is -2.74. The number of aliphatic hydroxyl groups is 1. The van der Waals surface area contributed by atoms with E-state index in [0.29, 0.717) is 49.9 Å². The van der Waals surface area contributed by atoms with Gasteiger partial charge < -0.3 is 14.6 Å². The van der Waals surface area contributed by atoms with Gasteiger partial charge in [-0.1, -0.05) is 50.2 Å². The van der Waals surface area contributed by atoms with Gasteiger partial charge >= 0.3 is 0 Å². The standard InChI is InChI=1S/C27H34FN3O3/c1-19(2)17-33-18-23(32)15-31(22-12-13-22)16-25-26(20-8-5-4-6-9-20)29-30(3)27(25)34-24-11-7-10-21(28)14-24/h4-11,14,19,22-23,32H,12-13,15-18H2,1-3H3. The summed E-state index contributed by atoms with van der Waals surface area (Å²) in [6, 6.07) is 16.5. The third-order valence-electron chi connectivity index (χ3n) is 5.78. The molecule has 6 nitrogen and oxygen atoms in total. The van der Waals surface area contributed by atoms with Gasteiger partial charge in [0.2, 0.25) is 5.88 Å². The van der Waals surface area contributed by atoms with Crippen LogP contribution in [0.1, 0.15) is 32.3 Å². The fraction of sp³-hybridized carbons (Fsp3) is 0.444. The average molecular weight is 468 g/mol. The minimum atomic E-state index is -0.580. The Kier molecular flexibility index (Phi) is 7.98. The first-order valence-corrected chi connectivity index (χ1v) is 11.9. The number of nitrogens with zero attached hydrogens (tertiary/aromatic N) is 3. The van der Waals surface area contributed by atoms with Gasteiger partial charge in [0.15, 0.2) is 0 Å². The molecule has 0 spiro atoms. The fourth-order valence-corrected chi connectivity index (χ4v) is 4.04. The van der Waals surface area contributed by atoms with E-state index in [4.69, 9.17) is 14.6 Å². The van der Waals surface area contributed by atoms with Crippen LogP contribution in [0.25, 0.3) is 11.3 Å². The van der Waals surface area contributed by atoms with Crippen molar-refractivity contribution in [3.63, 3.8) is 0 Å². The molecule has 1 heterocycles. The van der Waals surface area contributed by atoms with E-state index < -0.39 is 6.10 Å². The minimum Gasteiger partial charge on any atom is -0.439 e. The van der Waals surface area contributed by atoms with Crippen LogP contribution in [0.15, 0.2) is 54.6 Å². The Bertz CT molecular complexity index is 1070. The molecule has 1 saturated carbocycles. The lowest BCUT2D eigenvalue weighted by molar-refractivity contribution is 0.00541. The molecule has 0 bridgehead atoms. The van der Waals surface area contributed by atoms with Crippen molar-refractivity contribution in [1.29, 1.82) is 0 Å². The highest BCUT2D eigenvalue weighted by molar-refractivity contribution is 5.65. The fourth-order valence-electron chi connectivity index (χ4n) is 4.04. The average Bonchev–Trinajstić information content (AvgIpc) is 3.60. The normalized spacial score (nSPS) is 14.7. The Morgan fingerprint density at radius 3 is 2.56 bits per heavy atom. The van der Waals surface area contributed by atoms with E-state index in [9.17, 15) is 9.50 Å². The number of aliphatic hydroxyl groups excluding tert-OH is 1. The van der Waals surface area contributed by atoms with Gasteiger partial charge in [-0.3, -0.25) is 4.90 Å². The minimum absolute atomic E-state index is 0.312. The van der Waals surface area contributed by atoms with Gasteiger partial charge in [-0.15, -0.1) is 0 Å². The molecule has 1 N–H and O–H groups in total. The predicted octanol–water partition coefficient (Wildman–Crippen LogP) is 5.02. The highest BCUT2D eigenvalue weighted by Crippen LogP contribution is 2.37. The number of benzene rings is 2. The van der Waals surface area contributed by atoms with Gasteiger partial charge in [0.25, 0.3) is 0 Å². The molecule has 4 rings (SSSR count). The molecule has 1 atom stereocenters. The van der Waals surface area contributed by atoms with E-state index in [1.54, 1.807) is 16.8 Å². The van der Waals surface area contributed by atoms with Crippen LogP contribution in [-0.2, 0) is 18.3 Å². The monoisotopic (exact) mass is 467 g/mol. The summed E-state index contributed by atoms with van der Waals surface area (Å²) in [4.78, 5) is 2.28. The smallest absolute Gasteiger partial charge is 0.222 e. The number of aromatic nitrogens is 2. The summed E-state index contributed by atoms with van der Waals surface area (Å²) in [5.41, 5.74) is 2.73. The van der Waals surface area contributed by atoms with Crippen molar-refractivity contribution in [2.24, 2.45) is 13.0 Å². The van der Waals surface area contributed by atoms with Crippen molar-refractivity contribution >= 4 is 0 Å². The van der Waals surface area contributed by atoms with Crippen molar-refractivity contribution in [1.82, 2.24) is 14.7 Å². The second kappa shape index (κ2) is 11.1. The number of ether oxygens (including phenoxy) is 2. The van der Waals surface area contributed by atoms with E-state index in [1.165, 1.54) is 12.1 Å². The molecule has 0 amide bonds. The molecule has 182 valence electrons. The molecule has 1 aliphatic carbocycles. The van der Waals surface area contributed by atoms with Crippen molar-refractivity contribution in [2.45, 2.75) is 45.4 Å². The Morgan fingerprint density at radius 2 is 1.88 bits per heavy atom. The van der Waals surface area contributed by atoms with Gasteiger partial charge in [0.1, 0.15) is 17.3 Å². The zero-order valence-corrected chi connectivity index (χ0v) is 20.2. The van der Waals surface area contributed by atoms with Crippen molar-refractivity contribution in [3.8, 4) is 22.9 Å². The zero-order valence-electron chi connectivity index (χ0n) is 20.2. The summed E-state index contributed by atoms with van der Waals surface area (Å²) in [5.74, 6) is 1.07. The zero-order chi connectivity index (χ0) is 24.1. The second-order valence-corrected chi connectivity index (χ2v) is 9.43. The third-order valence-corrected chi connectivity index (χ3v) is 5.78. The molecule has 0 radical (unpaired) electrons. The topological polar surface area (TPSA) is 59.8 Å². The first kappa shape index (κ1) is 24.4. The lowest BCUT2D eigenvalue weighted by Gasteiger charge is -2.25. The Morgan fingerprint density at radius 1 is 1.12 bits per heavy atom. The molecule has 1 fully saturated rings. The SMILES string of the molecule is CC(C)COCC(O)CN(Cc1c(-c2ccccc2)nn(C)c1Oc1cccc(F)c1)C1CC1. The molecule has 1 aromatic heterocycles. The first-order chi connectivity index (χ1) is 16.4. The van der Waals surface area contributed by atoms with Crippen LogP contribution < -0.4 is 4.74 Å². The maximum absolute atomic E-state index is 13.8. The van der Waals surface area contributed by atoms with Crippen LogP contribution in [0.4, 0.5) is 4.39 Å². The summed E-state index contributed by atoms with van der Waals surface area (Å²) < 4.78 is 27.3. The van der Waals surface area contributed by atoms with Crippen molar-refractivity contribution in [2.75, 3.05) is 19.8 Å². The molecule has 2 aromatic carbocycles. The van der Waals surface area contributed by atoms with Gasteiger partial charge in [-0.05, 0) is 30.9 Å². The molecule has 7 heteroatoms. The number of halogens is 1. The quantitative estimate of drug-likeness (QED) is 0.406. The van der Waals surface area contributed by atoms with Gasteiger partial charge in [-0.2, -0.15) is 5.10 Å². The van der Waals surface area contributed by atoms with Crippen LogP contribution in [0.3, 0.4) is 0 Å². The van der Waals surface area contributed by atoms with Gasteiger partial charge in [0, 0.05) is 44.4 Å². The summed E-state index contributed by atoms with van der Waals surface area (Å²) >= 11 is 0. The number of aryl methyl sites for hydroxylation is 1. The second-order valence-electron chi connectivity index (χ2n) is 9.43. The van der Waals surface area contributed by atoms with Crippen LogP contribution >= 0.6 is 0 Å². The number of hydrogen-bond acceptors (Lipinski definition) is 5. The van der Waals surface area contributed by atoms with E-state index >= 15 is 0 Å². The van der Waals surface area contributed by atoms with E-state index in [2.05, 4.69) is 18.7 Å². The van der Waals surface area contributed by atoms with E-state index in [1.807, 2.05) is 37.4 Å². The maximum Gasteiger partial charge on any atom is 0.222 e. The highest BCUT2D eigenvalue weighted by atomic mass is 19.1. The van der Waals surface area contributed by atoms with Crippen molar-refractivity contribution in [3.05, 3.63) is 66.0 Å². The molecule has 34 heavy (non-hydrogen) atoms. The van der Waals surface area contributed by atoms with Crippen LogP contribution in [0.5, 0.6) is 11.6 Å². The lowest BCUT2D eigenvalue weighted by atomic mass is 10.1. The summed E-state index contributed by atoms with van der Waals surface area (Å²) in [6.45, 7) is 6.20. The Balaban J connectivity index is 1.61. The largest absolute Gasteiger partial charge is 0.439 e. The number of hydrogen-bond donors (Lipinski definition) is 1. The van der Waals surface area contributed by atoms with Gasteiger partial charge in [-0.25, -0.2) is 9.07 Å². The van der Waals surface area contributed by atoms with Gasteiger partial charge in [0.05, 0.1) is 18.3 Å². The highest BCUT2D eigenvalue weighted by Gasteiger charge is 2.33. The van der Waals surface area contributed by atoms with Crippen LogP contribution in [0, 0.1) is 11.7 Å². The van der Waals surface area contributed by atoms with E-state index in [-0.39, 0.29) is 5.82 Å². The van der Waals surface area contributed by atoms with Crippen LogP contribution in [0.2, 0.25) is 0 Å². The molecular formula is C27H34FN3O3.